The first-order valence-corrected chi connectivity index (χ1v) is 5.88. The molecule has 0 unspecified atom stereocenters. The van der Waals surface area contributed by atoms with E-state index < -0.39 is 0 Å². The third-order valence-corrected chi connectivity index (χ3v) is 3.25. The molecular weight excluding hydrogens is 239 g/mol. The Kier molecular flexibility index (Phi) is 3.55. The van der Waals surface area contributed by atoms with Gasteiger partial charge in [0.2, 0.25) is 0 Å². The molecule has 3 N–H and O–H groups in total. The summed E-state index contributed by atoms with van der Waals surface area (Å²) in [6, 6.07) is 6.40. The molecule has 0 bridgehead atoms. The number of hydrazine groups is 1. The number of aromatic nitrogens is 1. The molecule has 0 saturated heterocycles. The Hall–Kier alpha value is -1.66. The summed E-state index contributed by atoms with van der Waals surface area (Å²) in [6.07, 6.45) is 1.78. The van der Waals surface area contributed by atoms with Gasteiger partial charge in [0.25, 0.3) is 0 Å². The van der Waals surface area contributed by atoms with E-state index in [-0.39, 0.29) is 5.82 Å². The number of nitrogen functional groups attached to an aromatic ring is 1. The lowest BCUT2D eigenvalue weighted by molar-refractivity contribution is 0.627. The number of thiazole rings is 1. The van der Waals surface area contributed by atoms with Gasteiger partial charge in [0.1, 0.15) is 5.82 Å². The second-order valence-corrected chi connectivity index (χ2v) is 4.72. The van der Waals surface area contributed by atoms with E-state index in [2.05, 4.69) is 10.4 Å². The molecule has 6 heteroatoms. The summed E-state index contributed by atoms with van der Waals surface area (Å²) in [5.74, 6) is 5.04. The highest BCUT2D eigenvalue weighted by Gasteiger charge is 2.05. The fourth-order valence-electron chi connectivity index (χ4n) is 1.47. The maximum absolute atomic E-state index is 12.8. The monoisotopic (exact) mass is 252 g/mol. The summed E-state index contributed by atoms with van der Waals surface area (Å²) in [7, 11) is 1.95. The molecular formula is C11H13FN4S. The number of nitrogens with one attached hydrogen (secondary N) is 1. The minimum Gasteiger partial charge on any atom is -0.369 e. The molecule has 90 valence electrons. The number of hydrogen-bond acceptors (Lipinski definition) is 5. The molecule has 17 heavy (non-hydrogen) atoms. The van der Waals surface area contributed by atoms with Crippen LogP contribution in [-0.4, -0.2) is 12.0 Å². The minimum absolute atomic E-state index is 0.227. The summed E-state index contributed by atoms with van der Waals surface area (Å²) in [5.41, 5.74) is 3.47. The lowest BCUT2D eigenvalue weighted by Crippen LogP contribution is -2.15. The number of anilines is 2. The highest BCUT2D eigenvalue weighted by molar-refractivity contribution is 7.15. The van der Waals surface area contributed by atoms with Gasteiger partial charge >= 0.3 is 0 Å². The van der Waals surface area contributed by atoms with Gasteiger partial charge in [0, 0.05) is 23.8 Å². The minimum atomic E-state index is -0.227. The Labute approximate surface area is 103 Å². The Morgan fingerprint density at radius 1 is 1.41 bits per heavy atom. The van der Waals surface area contributed by atoms with Gasteiger partial charge in [0.15, 0.2) is 5.13 Å². The molecule has 0 spiro atoms. The second-order valence-electron chi connectivity index (χ2n) is 3.61. The average Bonchev–Trinajstić information content (AvgIpc) is 2.77. The lowest BCUT2D eigenvalue weighted by Gasteiger charge is -2.17. The Morgan fingerprint density at radius 2 is 2.12 bits per heavy atom. The molecule has 0 atom stereocenters. The van der Waals surface area contributed by atoms with Gasteiger partial charge in [-0.25, -0.2) is 15.2 Å². The average molecular weight is 252 g/mol. The summed E-state index contributed by atoms with van der Waals surface area (Å²) >= 11 is 1.50. The largest absolute Gasteiger partial charge is 0.369 e. The van der Waals surface area contributed by atoms with Crippen molar-refractivity contribution in [2.24, 2.45) is 5.84 Å². The van der Waals surface area contributed by atoms with Crippen molar-refractivity contribution in [2.75, 3.05) is 17.4 Å². The van der Waals surface area contributed by atoms with Gasteiger partial charge in [-0.05, 0) is 24.3 Å². The van der Waals surface area contributed by atoms with E-state index in [0.717, 1.165) is 10.6 Å². The molecule has 0 amide bonds. The zero-order valence-corrected chi connectivity index (χ0v) is 10.2. The van der Waals surface area contributed by atoms with Crippen molar-refractivity contribution >= 4 is 22.2 Å². The van der Waals surface area contributed by atoms with Crippen LogP contribution in [0.2, 0.25) is 0 Å². The Bertz CT molecular complexity index is 482. The zero-order valence-electron chi connectivity index (χ0n) is 9.35. The standard InChI is InChI=1S/C11H13FN4S/c1-16(9-4-2-8(12)3-5-9)7-10-6-14-11(15-13)17-10/h2-6H,7,13H2,1H3,(H,14,15). The lowest BCUT2D eigenvalue weighted by atomic mass is 10.3. The SMILES string of the molecule is CN(Cc1cnc(NN)s1)c1ccc(F)cc1. The number of hydrogen-bond donors (Lipinski definition) is 2. The molecule has 1 heterocycles. The van der Waals surface area contributed by atoms with Crippen LogP contribution in [0.3, 0.4) is 0 Å². The normalized spacial score (nSPS) is 10.3. The molecule has 2 aromatic rings. The quantitative estimate of drug-likeness (QED) is 0.647. The number of rotatable bonds is 4. The Balaban J connectivity index is 2.05. The van der Waals surface area contributed by atoms with Crippen LogP contribution in [0.1, 0.15) is 4.88 Å². The maximum Gasteiger partial charge on any atom is 0.197 e. The van der Waals surface area contributed by atoms with Crippen LogP contribution in [0, 0.1) is 5.82 Å². The number of benzene rings is 1. The fourth-order valence-corrected chi connectivity index (χ4v) is 2.24. The van der Waals surface area contributed by atoms with Crippen LogP contribution < -0.4 is 16.2 Å². The molecule has 0 aliphatic carbocycles. The third kappa shape index (κ3) is 2.92. The highest BCUT2D eigenvalue weighted by atomic mass is 32.1. The van der Waals surface area contributed by atoms with E-state index in [0.29, 0.717) is 11.7 Å². The van der Waals surface area contributed by atoms with Crippen LogP contribution in [0.25, 0.3) is 0 Å². The van der Waals surface area contributed by atoms with Crippen molar-refractivity contribution < 1.29 is 4.39 Å². The van der Waals surface area contributed by atoms with Crippen LogP contribution in [-0.2, 0) is 6.54 Å². The molecule has 0 saturated carbocycles. The van der Waals surface area contributed by atoms with E-state index in [1.807, 2.05) is 11.9 Å². The van der Waals surface area contributed by atoms with Gasteiger partial charge in [-0.15, -0.1) is 0 Å². The fraction of sp³-hybridized carbons (Fsp3) is 0.182. The molecule has 1 aromatic heterocycles. The third-order valence-electron chi connectivity index (χ3n) is 2.34. The first-order valence-electron chi connectivity index (χ1n) is 5.07. The predicted octanol–water partition coefficient (Wildman–Crippen LogP) is 2.20. The molecule has 0 radical (unpaired) electrons. The van der Waals surface area contributed by atoms with Gasteiger partial charge in [0.05, 0.1) is 6.54 Å². The smallest absolute Gasteiger partial charge is 0.197 e. The van der Waals surface area contributed by atoms with Crippen molar-refractivity contribution in [1.82, 2.24) is 4.98 Å². The number of nitrogens with zero attached hydrogens (tertiary/aromatic N) is 2. The first-order chi connectivity index (χ1) is 8.19. The van der Waals surface area contributed by atoms with E-state index in [1.54, 1.807) is 18.3 Å². The first kappa shape index (κ1) is 11.8. The highest BCUT2D eigenvalue weighted by Crippen LogP contribution is 2.21. The number of halogens is 1. The van der Waals surface area contributed by atoms with E-state index in [9.17, 15) is 4.39 Å². The molecule has 4 nitrogen and oxygen atoms in total. The molecule has 2 rings (SSSR count). The summed E-state index contributed by atoms with van der Waals surface area (Å²) in [5, 5.41) is 0.688. The van der Waals surface area contributed by atoms with Gasteiger partial charge < -0.3 is 4.90 Å². The molecule has 0 aliphatic rings. The maximum atomic E-state index is 12.8. The number of nitrogens with two attached hydrogens (primary N) is 1. The van der Waals surface area contributed by atoms with Gasteiger partial charge in [-0.2, -0.15) is 0 Å². The van der Waals surface area contributed by atoms with Crippen LogP contribution in [0.15, 0.2) is 30.5 Å². The Morgan fingerprint density at radius 3 is 2.71 bits per heavy atom. The topological polar surface area (TPSA) is 54.2 Å². The summed E-state index contributed by atoms with van der Waals surface area (Å²) in [6.45, 7) is 0.713. The van der Waals surface area contributed by atoms with Crippen LogP contribution in [0.4, 0.5) is 15.2 Å². The zero-order chi connectivity index (χ0) is 12.3. The van der Waals surface area contributed by atoms with E-state index in [1.165, 1.54) is 23.5 Å². The van der Waals surface area contributed by atoms with Crippen LogP contribution in [0.5, 0.6) is 0 Å². The predicted molar refractivity (Wildman–Crippen MR) is 68.4 cm³/mol. The molecule has 0 fully saturated rings. The second kappa shape index (κ2) is 5.11. The van der Waals surface area contributed by atoms with Crippen molar-refractivity contribution in [3.8, 4) is 0 Å². The summed E-state index contributed by atoms with van der Waals surface area (Å²) in [4.78, 5) is 7.20. The van der Waals surface area contributed by atoms with E-state index >= 15 is 0 Å². The molecule has 0 aliphatic heterocycles. The van der Waals surface area contributed by atoms with Crippen LogP contribution >= 0.6 is 11.3 Å². The van der Waals surface area contributed by atoms with Crippen molar-refractivity contribution in [2.45, 2.75) is 6.54 Å². The summed E-state index contributed by atoms with van der Waals surface area (Å²) < 4.78 is 12.8. The van der Waals surface area contributed by atoms with E-state index in [4.69, 9.17) is 5.84 Å². The molecule has 1 aromatic carbocycles. The van der Waals surface area contributed by atoms with Crippen molar-refractivity contribution in [1.29, 1.82) is 0 Å². The van der Waals surface area contributed by atoms with Gasteiger partial charge in [-0.1, -0.05) is 11.3 Å². The van der Waals surface area contributed by atoms with Gasteiger partial charge in [-0.3, -0.25) is 5.43 Å². The van der Waals surface area contributed by atoms with Crippen molar-refractivity contribution in [3.05, 3.63) is 41.2 Å². The van der Waals surface area contributed by atoms with Crippen molar-refractivity contribution in [3.63, 3.8) is 0 Å².